The molecular formula is C19H29N5O2. The topological polar surface area (TPSA) is 82.3 Å². The molecule has 7 nitrogen and oxygen atoms in total. The normalized spacial score (nSPS) is 21.0. The Labute approximate surface area is 154 Å². The first kappa shape index (κ1) is 18.7. The molecule has 0 bridgehead atoms. The zero-order valence-electron chi connectivity index (χ0n) is 16.2. The van der Waals surface area contributed by atoms with Crippen molar-refractivity contribution in [3.8, 4) is 0 Å². The Morgan fingerprint density at radius 1 is 1.31 bits per heavy atom. The van der Waals surface area contributed by atoms with E-state index in [4.69, 9.17) is 4.74 Å². The fourth-order valence-electron chi connectivity index (χ4n) is 3.32. The van der Waals surface area contributed by atoms with Gasteiger partial charge in [-0.25, -0.2) is 9.78 Å². The molecule has 1 aromatic heterocycles. The van der Waals surface area contributed by atoms with Gasteiger partial charge in [0, 0.05) is 37.8 Å². The van der Waals surface area contributed by atoms with Gasteiger partial charge in [-0.05, 0) is 32.0 Å². The highest BCUT2D eigenvalue weighted by atomic mass is 16.5. The van der Waals surface area contributed by atoms with Crippen LogP contribution >= 0.6 is 0 Å². The number of carbonyl (C=O) groups is 1. The minimum absolute atomic E-state index is 0.00633. The molecule has 1 aliphatic heterocycles. The van der Waals surface area contributed by atoms with Gasteiger partial charge < -0.3 is 20.4 Å². The summed E-state index contributed by atoms with van der Waals surface area (Å²) in [7, 11) is 1.69. The Morgan fingerprint density at radius 3 is 2.73 bits per heavy atom. The van der Waals surface area contributed by atoms with Crippen LogP contribution in [0.5, 0.6) is 0 Å². The van der Waals surface area contributed by atoms with E-state index in [1.807, 2.05) is 18.2 Å². The SMILES string of the molecule is CO[C@@H]1CN(C(C)C)C[C@H]1NC(=O)Nc1ccc2nc(C(C)C)[nH]c2c1. The molecule has 1 aromatic carbocycles. The molecule has 7 heteroatoms. The zero-order valence-corrected chi connectivity index (χ0v) is 16.2. The van der Waals surface area contributed by atoms with Crippen LogP contribution in [0.2, 0.25) is 0 Å². The molecule has 0 saturated carbocycles. The number of rotatable bonds is 5. The highest BCUT2D eigenvalue weighted by Crippen LogP contribution is 2.21. The number of hydrogen-bond donors (Lipinski definition) is 3. The minimum atomic E-state index is -0.217. The van der Waals surface area contributed by atoms with E-state index < -0.39 is 0 Å². The van der Waals surface area contributed by atoms with Gasteiger partial charge in [-0.1, -0.05) is 13.8 Å². The number of H-pyrrole nitrogens is 1. The van der Waals surface area contributed by atoms with Crippen molar-refractivity contribution in [2.75, 3.05) is 25.5 Å². The molecule has 3 rings (SSSR count). The maximum absolute atomic E-state index is 12.4. The van der Waals surface area contributed by atoms with Crippen LogP contribution in [-0.2, 0) is 4.74 Å². The van der Waals surface area contributed by atoms with Crippen molar-refractivity contribution in [1.82, 2.24) is 20.2 Å². The molecule has 0 aliphatic carbocycles. The third kappa shape index (κ3) is 3.99. The maximum atomic E-state index is 12.4. The molecular weight excluding hydrogens is 330 g/mol. The highest BCUT2D eigenvalue weighted by Gasteiger charge is 2.34. The number of aromatic amines is 1. The molecule has 0 radical (unpaired) electrons. The largest absolute Gasteiger partial charge is 0.378 e. The van der Waals surface area contributed by atoms with Crippen molar-refractivity contribution < 1.29 is 9.53 Å². The van der Waals surface area contributed by atoms with Crippen LogP contribution in [-0.4, -0.2) is 59.3 Å². The zero-order chi connectivity index (χ0) is 18.8. The van der Waals surface area contributed by atoms with Crippen molar-refractivity contribution >= 4 is 22.8 Å². The smallest absolute Gasteiger partial charge is 0.319 e. The molecule has 1 fully saturated rings. The van der Waals surface area contributed by atoms with Crippen molar-refractivity contribution in [2.45, 2.75) is 51.8 Å². The lowest BCUT2D eigenvalue weighted by Crippen LogP contribution is -2.45. The molecule has 1 saturated heterocycles. The summed E-state index contributed by atoms with van der Waals surface area (Å²) < 4.78 is 5.54. The van der Waals surface area contributed by atoms with Gasteiger partial charge in [-0.15, -0.1) is 0 Å². The third-order valence-electron chi connectivity index (χ3n) is 4.95. The Morgan fingerprint density at radius 2 is 2.08 bits per heavy atom. The Bertz CT molecular complexity index is 770. The second-order valence-corrected chi connectivity index (χ2v) is 7.54. The quantitative estimate of drug-likeness (QED) is 0.767. The standard InChI is InChI=1S/C19H29N5O2/c1-11(2)18-21-14-7-6-13(8-15(14)22-18)20-19(25)23-16-9-24(12(3)4)10-17(16)26-5/h6-8,11-12,16-17H,9-10H2,1-5H3,(H,21,22)(H2,20,23,25)/t16-,17-/m1/s1. The molecule has 0 spiro atoms. The van der Waals surface area contributed by atoms with Crippen molar-refractivity contribution in [3.63, 3.8) is 0 Å². The van der Waals surface area contributed by atoms with Gasteiger partial charge in [0.15, 0.2) is 0 Å². The number of anilines is 1. The summed E-state index contributed by atoms with van der Waals surface area (Å²) in [6.07, 6.45) is 0.00633. The van der Waals surface area contributed by atoms with E-state index >= 15 is 0 Å². The number of imidazole rings is 1. The number of amides is 2. The van der Waals surface area contributed by atoms with Crippen LogP contribution in [0.1, 0.15) is 39.4 Å². The molecule has 3 N–H and O–H groups in total. The van der Waals surface area contributed by atoms with Gasteiger partial charge in [0.25, 0.3) is 0 Å². The Kier molecular flexibility index (Phi) is 5.48. The van der Waals surface area contributed by atoms with Gasteiger partial charge in [0.2, 0.25) is 0 Å². The van der Waals surface area contributed by atoms with Crippen LogP contribution in [0.25, 0.3) is 11.0 Å². The van der Waals surface area contributed by atoms with E-state index in [2.05, 4.69) is 53.2 Å². The van der Waals surface area contributed by atoms with Crippen molar-refractivity contribution in [3.05, 3.63) is 24.0 Å². The average molecular weight is 359 g/mol. The van der Waals surface area contributed by atoms with Gasteiger partial charge >= 0.3 is 6.03 Å². The van der Waals surface area contributed by atoms with E-state index in [0.29, 0.717) is 12.0 Å². The minimum Gasteiger partial charge on any atom is -0.378 e. The van der Waals surface area contributed by atoms with Crippen LogP contribution in [0, 0.1) is 0 Å². The number of carbonyl (C=O) groups excluding carboxylic acids is 1. The number of urea groups is 1. The lowest BCUT2D eigenvalue weighted by Gasteiger charge is -2.20. The number of likely N-dealkylation sites (tertiary alicyclic amines) is 1. The number of hydrogen-bond acceptors (Lipinski definition) is 4. The van der Waals surface area contributed by atoms with Crippen LogP contribution in [0.15, 0.2) is 18.2 Å². The molecule has 142 valence electrons. The molecule has 2 amide bonds. The monoisotopic (exact) mass is 359 g/mol. The second-order valence-electron chi connectivity index (χ2n) is 7.54. The Balaban J connectivity index is 1.65. The summed E-state index contributed by atoms with van der Waals surface area (Å²) in [5.41, 5.74) is 2.57. The lowest BCUT2D eigenvalue weighted by atomic mass is 10.2. The first-order valence-electron chi connectivity index (χ1n) is 9.21. The number of methoxy groups -OCH3 is 1. The van der Waals surface area contributed by atoms with Gasteiger partial charge in [0.05, 0.1) is 23.2 Å². The van der Waals surface area contributed by atoms with Crippen LogP contribution < -0.4 is 10.6 Å². The van der Waals surface area contributed by atoms with E-state index in [-0.39, 0.29) is 18.2 Å². The third-order valence-corrected chi connectivity index (χ3v) is 4.95. The van der Waals surface area contributed by atoms with Crippen molar-refractivity contribution in [1.29, 1.82) is 0 Å². The van der Waals surface area contributed by atoms with E-state index in [9.17, 15) is 4.79 Å². The molecule has 2 aromatic rings. The van der Waals surface area contributed by atoms with Gasteiger partial charge in [-0.3, -0.25) is 4.90 Å². The van der Waals surface area contributed by atoms with E-state index in [1.165, 1.54) is 0 Å². The Hall–Kier alpha value is -2.12. The summed E-state index contributed by atoms with van der Waals surface area (Å²) in [4.78, 5) is 22.6. The fraction of sp³-hybridized carbons (Fsp3) is 0.579. The van der Waals surface area contributed by atoms with Crippen molar-refractivity contribution in [2.24, 2.45) is 0 Å². The maximum Gasteiger partial charge on any atom is 0.319 e. The highest BCUT2D eigenvalue weighted by molar-refractivity contribution is 5.92. The molecule has 1 aliphatic rings. The average Bonchev–Trinajstić information content (AvgIpc) is 3.18. The summed E-state index contributed by atoms with van der Waals surface area (Å²) in [6, 6.07) is 5.89. The first-order valence-corrected chi connectivity index (χ1v) is 9.21. The van der Waals surface area contributed by atoms with E-state index in [0.717, 1.165) is 35.6 Å². The van der Waals surface area contributed by atoms with Crippen LogP contribution in [0.3, 0.4) is 0 Å². The summed E-state index contributed by atoms with van der Waals surface area (Å²) in [5, 5.41) is 5.96. The molecule has 26 heavy (non-hydrogen) atoms. The first-order chi connectivity index (χ1) is 12.4. The summed E-state index contributed by atoms with van der Waals surface area (Å²) >= 11 is 0. The number of benzene rings is 1. The number of nitrogens with zero attached hydrogens (tertiary/aromatic N) is 2. The fourth-order valence-corrected chi connectivity index (χ4v) is 3.32. The van der Waals surface area contributed by atoms with E-state index in [1.54, 1.807) is 7.11 Å². The number of nitrogens with one attached hydrogen (secondary N) is 3. The summed E-state index contributed by atoms with van der Waals surface area (Å²) in [6.45, 7) is 10.1. The number of ether oxygens (including phenoxy) is 1. The van der Waals surface area contributed by atoms with Gasteiger partial charge in [0.1, 0.15) is 5.82 Å². The summed E-state index contributed by atoms with van der Waals surface area (Å²) in [5.74, 6) is 1.28. The second kappa shape index (κ2) is 7.63. The lowest BCUT2D eigenvalue weighted by molar-refractivity contribution is 0.0896. The molecule has 0 unspecified atom stereocenters. The van der Waals surface area contributed by atoms with Crippen LogP contribution in [0.4, 0.5) is 10.5 Å². The number of fused-ring (bicyclic) bond motifs is 1. The number of aromatic nitrogens is 2. The predicted octanol–water partition coefficient (Wildman–Crippen LogP) is 2.92. The van der Waals surface area contributed by atoms with Gasteiger partial charge in [-0.2, -0.15) is 0 Å². The molecule has 2 heterocycles. The molecule has 2 atom stereocenters. The predicted molar refractivity (Wildman–Crippen MR) is 104 cm³/mol.